The SMILES string of the molecule is O=C(NCc1n[nH]c(=O)[nH]1)C1CCc2cnc(NCC(F)(F)c3cccc[n+]3[O-])c(=O)n21. The number of halogens is 2. The lowest BCUT2D eigenvalue weighted by molar-refractivity contribution is -0.624. The van der Waals surface area contributed by atoms with Crippen molar-refractivity contribution in [2.75, 3.05) is 11.9 Å². The fourth-order valence-corrected chi connectivity index (χ4v) is 3.49. The zero-order chi connectivity index (χ0) is 22.9. The predicted molar refractivity (Wildman–Crippen MR) is 105 cm³/mol. The molecule has 14 heteroatoms. The molecule has 0 aromatic carbocycles. The Hall–Kier alpha value is -4.10. The highest BCUT2D eigenvalue weighted by atomic mass is 19.3. The molecule has 3 aromatic heterocycles. The second kappa shape index (κ2) is 8.20. The third-order valence-corrected chi connectivity index (χ3v) is 5.02. The lowest BCUT2D eigenvalue weighted by Crippen LogP contribution is -2.42. The van der Waals surface area contributed by atoms with E-state index in [0.717, 1.165) is 12.3 Å². The molecule has 0 saturated heterocycles. The van der Waals surface area contributed by atoms with Gasteiger partial charge in [0.05, 0.1) is 13.1 Å². The van der Waals surface area contributed by atoms with Crippen LogP contribution in [0.15, 0.2) is 40.2 Å². The monoisotopic (exact) mass is 448 g/mol. The maximum absolute atomic E-state index is 14.5. The first kappa shape index (κ1) is 21.1. The minimum atomic E-state index is -3.57. The van der Waals surface area contributed by atoms with Crippen LogP contribution in [0.3, 0.4) is 0 Å². The van der Waals surface area contributed by atoms with Crippen LogP contribution in [-0.2, 0) is 23.7 Å². The molecule has 1 atom stereocenters. The first-order valence-corrected chi connectivity index (χ1v) is 9.58. The molecule has 32 heavy (non-hydrogen) atoms. The Labute approximate surface area is 177 Å². The van der Waals surface area contributed by atoms with Crippen LogP contribution in [0, 0.1) is 5.21 Å². The molecular weight excluding hydrogens is 430 g/mol. The number of carbonyl (C=O) groups excluding carboxylic acids is 1. The van der Waals surface area contributed by atoms with Gasteiger partial charge in [-0.2, -0.15) is 18.6 Å². The first-order valence-electron chi connectivity index (χ1n) is 9.58. The van der Waals surface area contributed by atoms with Crippen molar-refractivity contribution in [3.8, 4) is 0 Å². The number of aromatic nitrogens is 6. The first-order chi connectivity index (χ1) is 15.3. The van der Waals surface area contributed by atoms with E-state index in [1.165, 1.54) is 22.9 Å². The summed E-state index contributed by atoms with van der Waals surface area (Å²) in [5.41, 5.74) is -1.54. The quantitative estimate of drug-likeness (QED) is 0.274. The lowest BCUT2D eigenvalue weighted by atomic mass is 10.2. The van der Waals surface area contributed by atoms with Crippen LogP contribution >= 0.6 is 0 Å². The maximum Gasteiger partial charge on any atom is 0.347 e. The van der Waals surface area contributed by atoms with Crippen molar-refractivity contribution in [3.05, 3.63) is 73.9 Å². The summed E-state index contributed by atoms with van der Waals surface area (Å²) in [7, 11) is 0. The van der Waals surface area contributed by atoms with E-state index in [1.54, 1.807) is 0 Å². The van der Waals surface area contributed by atoms with Gasteiger partial charge in [0, 0.05) is 24.0 Å². The van der Waals surface area contributed by atoms with Crippen molar-refractivity contribution in [2.45, 2.75) is 31.4 Å². The van der Waals surface area contributed by atoms with Gasteiger partial charge in [0.2, 0.25) is 5.91 Å². The second-order valence-electron chi connectivity index (χ2n) is 7.14. The number of nitrogens with one attached hydrogen (secondary N) is 4. The third kappa shape index (κ3) is 4.06. The fourth-order valence-electron chi connectivity index (χ4n) is 3.49. The van der Waals surface area contributed by atoms with Gasteiger partial charge in [-0.05, 0) is 18.9 Å². The maximum atomic E-state index is 14.5. The Kier molecular flexibility index (Phi) is 5.42. The highest BCUT2D eigenvalue weighted by molar-refractivity contribution is 5.80. The summed E-state index contributed by atoms with van der Waals surface area (Å²) in [5, 5.41) is 22.4. The molecule has 4 N–H and O–H groups in total. The number of alkyl halides is 2. The van der Waals surface area contributed by atoms with E-state index in [2.05, 4.69) is 30.8 Å². The summed E-state index contributed by atoms with van der Waals surface area (Å²) >= 11 is 0. The summed E-state index contributed by atoms with van der Waals surface area (Å²) in [6.07, 6.45) is 3.01. The number of aromatic amines is 2. The number of rotatable bonds is 7. The highest BCUT2D eigenvalue weighted by Crippen LogP contribution is 2.26. The Morgan fingerprint density at radius 2 is 2.19 bits per heavy atom. The third-order valence-electron chi connectivity index (χ3n) is 5.02. The number of H-pyrrole nitrogens is 2. The Morgan fingerprint density at radius 1 is 1.38 bits per heavy atom. The molecule has 0 saturated carbocycles. The predicted octanol–water partition coefficient (Wildman–Crippen LogP) is -0.704. The van der Waals surface area contributed by atoms with Gasteiger partial charge >= 0.3 is 11.6 Å². The molecule has 1 aliphatic heterocycles. The number of aryl methyl sites for hydroxylation is 1. The van der Waals surface area contributed by atoms with Crippen molar-refractivity contribution in [1.82, 2.24) is 30.0 Å². The summed E-state index contributed by atoms with van der Waals surface area (Å²) < 4.78 is 30.2. The zero-order valence-electron chi connectivity index (χ0n) is 16.5. The van der Waals surface area contributed by atoms with E-state index in [1.807, 2.05) is 0 Å². The molecule has 0 radical (unpaired) electrons. The summed E-state index contributed by atoms with van der Waals surface area (Å²) in [6, 6.07) is 2.75. The smallest absolute Gasteiger partial charge is 0.347 e. The Balaban J connectivity index is 1.50. The van der Waals surface area contributed by atoms with Crippen molar-refractivity contribution >= 4 is 11.7 Å². The van der Waals surface area contributed by atoms with Crippen molar-refractivity contribution < 1.29 is 18.3 Å². The molecule has 4 rings (SSSR count). The molecule has 0 bridgehead atoms. The number of fused-ring (bicyclic) bond motifs is 1. The summed E-state index contributed by atoms with van der Waals surface area (Å²) in [5.74, 6) is -4.21. The molecule has 0 aliphatic carbocycles. The van der Waals surface area contributed by atoms with Crippen LogP contribution < -0.4 is 26.6 Å². The van der Waals surface area contributed by atoms with Gasteiger partial charge in [-0.3, -0.25) is 19.1 Å². The molecule has 1 aliphatic rings. The van der Waals surface area contributed by atoms with Gasteiger partial charge in [-0.15, -0.1) is 0 Å². The van der Waals surface area contributed by atoms with E-state index >= 15 is 0 Å². The molecule has 0 spiro atoms. The van der Waals surface area contributed by atoms with Gasteiger partial charge in [-0.1, -0.05) is 0 Å². The number of amides is 1. The summed E-state index contributed by atoms with van der Waals surface area (Å²) in [6.45, 7) is -1.10. The largest absolute Gasteiger partial charge is 0.618 e. The number of hydrogen-bond acceptors (Lipinski definition) is 7. The molecule has 3 aromatic rings. The van der Waals surface area contributed by atoms with Gasteiger partial charge in [0.1, 0.15) is 11.9 Å². The van der Waals surface area contributed by atoms with Gasteiger partial charge in [0.15, 0.2) is 12.0 Å². The van der Waals surface area contributed by atoms with Crippen LogP contribution in [0.1, 0.15) is 29.7 Å². The van der Waals surface area contributed by atoms with Crippen LogP contribution in [0.4, 0.5) is 14.6 Å². The number of pyridine rings is 1. The van der Waals surface area contributed by atoms with Gasteiger partial charge in [0.25, 0.3) is 11.3 Å². The van der Waals surface area contributed by atoms with E-state index in [-0.39, 0.29) is 22.9 Å². The Morgan fingerprint density at radius 3 is 2.91 bits per heavy atom. The standard InChI is InChI=1S/C18H18F2N8O4/c19-18(20,12-3-1-2-6-27(12)32)9-23-14-16(30)28-10(7-21-14)4-5-11(28)15(29)22-8-13-24-17(31)26-25-13/h1-3,6-7,11H,4-5,8-9H2,(H,21,23)(H,22,29)(H2,24,25,26,31). The van der Waals surface area contributed by atoms with E-state index in [0.29, 0.717) is 18.5 Å². The topological polar surface area (TPSA) is 164 Å². The molecule has 1 amide bonds. The average molecular weight is 448 g/mol. The van der Waals surface area contributed by atoms with E-state index in [4.69, 9.17) is 0 Å². The lowest BCUT2D eigenvalue weighted by Gasteiger charge is -2.18. The second-order valence-corrected chi connectivity index (χ2v) is 7.14. The van der Waals surface area contributed by atoms with Crippen LogP contribution in [0.25, 0.3) is 0 Å². The molecule has 168 valence electrons. The number of nitrogens with zero attached hydrogens (tertiary/aromatic N) is 4. The van der Waals surface area contributed by atoms with Gasteiger partial charge < -0.3 is 15.8 Å². The molecule has 12 nitrogen and oxygen atoms in total. The molecule has 0 fully saturated rings. The number of anilines is 1. The molecule has 1 unspecified atom stereocenters. The van der Waals surface area contributed by atoms with E-state index in [9.17, 15) is 28.4 Å². The minimum absolute atomic E-state index is 0.0532. The van der Waals surface area contributed by atoms with Crippen LogP contribution in [0.2, 0.25) is 0 Å². The number of hydrogen-bond donors (Lipinski definition) is 4. The molecular formula is C18H18F2N8O4. The zero-order valence-corrected chi connectivity index (χ0v) is 16.5. The minimum Gasteiger partial charge on any atom is -0.618 e. The van der Waals surface area contributed by atoms with Crippen LogP contribution in [-0.4, -0.2) is 37.2 Å². The van der Waals surface area contributed by atoms with Crippen LogP contribution in [0.5, 0.6) is 0 Å². The fraction of sp³-hybridized carbons (Fsp3) is 0.333. The summed E-state index contributed by atoms with van der Waals surface area (Å²) in [4.78, 5) is 42.8. The van der Waals surface area contributed by atoms with Crippen molar-refractivity contribution in [3.63, 3.8) is 0 Å². The average Bonchev–Trinajstić information content (AvgIpc) is 3.38. The highest BCUT2D eigenvalue weighted by Gasteiger charge is 2.40. The Bertz CT molecular complexity index is 1270. The van der Waals surface area contributed by atoms with Crippen molar-refractivity contribution in [1.29, 1.82) is 0 Å². The van der Waals surface area contributed by atoms with Crippen molar-refractivity contribution in [2.24, 2.45) is 0 Å². The molecule has 4 heterocycles. The normalized spacial score (nSPS) is 15.4. The number of carbonyl (C=O) groups is 1. The van der Waals surface area contributed by atoms with E-state index < -0.39 is 41.4 Å². The van der Waals surface area contributed by atoms with Gasteiger partial charge in [-0.25, -0.2) is 14.9 Å².